The molecule has 0 atom stereocenters. The maximum absolute atomic E-state index is 9.25. The number of phenols is 1. The predicted octanol–water partition coefficient (Wildman–Crippen LogP) is 2.39. The Morgan fingerprint density at radius 1 is 1.33 bits per heavy atom. The van der Waals surface area contributed by atoms with Gasteiger partial charge in [-0.25, -0.2) is 0 Å². The summed E-state index contributed by atoms with van der Waals surface area (Å²) in [4.78, 5) is 0. The van der Waals surface area contributed by atoms with Crippen LogP contribution in [-0.2, 0) is 11.2 Å². The third kappa shape index (κ3) is 5.08. The summed E-state index contributed by atoms with van der Waals surface area (Å²) in [6, 6.07) is 5.27. The monoisotopic (exact) mass is 210 g/mol. The lowest BCUT2D eigenvalue weighted by molar-refractivity contribution is 0.277. The second kappa shape index (κ2) is 7.88. The number of rotatable bonds is 3. The standard InChI is InChI=1S/C10H12O2.C2H6O/c1-3-4-8-5-6-9(11)10(7-8)12-2;1-3-2/h3,5-7,11H,1,4H2,2H3;1-2H3. The van der Waals surface area contributed by atoms with Crippen LogP contribution in [-0.4, -0.2) is 26.4 Å². The Bertz CT molecular complexity index is 295. The van der Waals surface area contributed by atoms with E-state index in [2.05, 4.69) is 11.3 Å². The van der Waals surface area contributed by atoms with Crippen LogP contribution in [0.5, 0.6) is 11.5 Å². The Morgan fingerprint density at radius 3 is 2.40 bits per heavy atom. The van der Waals surface area contributed by atoms with Crippen molar-refractivity contribution in [3.05, 3.63) is 36.4 Å². The maximum atomic E-state index is 9.25. The highest BCUT2D eigenvalue weighted by Crippen LogP contribution is 2.26. The Kier molecular flexibility index (Phi) is 7.10. The number of ether oxygens (including phenoxy) is 2. The summed E-state index contributed by atoms with van der Waals surface area (Å²) in [5, 5.41) is 9.25. The van der Waals surface area contributed by atoms with Gasteiger partial charge in [0.15, 0.2) is 11.5 Å². The number of hydrogen-bond donors (Lipinski definition) is 1. The summed E-state index contributed by atoms with van der Waals surface area (Å²) in [5.41, 5.74) is 1.08. The second-order valence-corrected chi connectivity index (χ2v) is 2.91. The zero-order valence-electron chi connectivity index (χ0n) is 9.49. The SMILES string of the molecule is C=CCc1ccc(O)c(OC)c1.COC. The molecule has 0 aliphatic carbocycles. The van der Waals surface area contributed by atoms with Crippen molar-refractivity contribution in [3.8, 4) is 11.5 Å². The van der Waals surface area contributed by atoms with Gasteiger partial charge in [0.2, 0.25) is 0 Å². The number of hydrogen-bond acceptors (Lipinski definition) is 3. The fraction of sp³-hybridized carbons (Fsp3) is 0.333. The third-order valence-electron chi connectivity index (χ3n) is 1.62. The van der Waals surface area contributed by atoms with Crippen LogP contribution in [0.3, 0.4) is 0 Å². The number of benzene rings is 1. The van der Waals surface area contributed by atoms with Crippen molar-refractivity contribution in [2.24, 2.45) is 0 Å². The van der Waals surface area contributed by atoms with Gasteiger partial charge in [0.05, 0.1) is 7.11 Å². The second-order valence-electron chi connectivity index (χ2n) is 2.91. The average Bonchev–Trinajstić information content (AvgIpc) is 2.22. The van der Waals surface area contributed by atoms with E-state index < -0.39 is 0 Å². The van der Waals surface area contributed by atoms with Crippen molar-refractivity contribution >= 4 is 0 Å². The van der Waals surface area contributed by atoms with Crippen LogP contribution in [0, 0.1) is 0 Å². The normalized spacial score (nSPS) is 8.73. The quantitative estimate of drug-likeness (QED) is 0.778. The van der Waals surface area contributed by atoms with E-state index in [1.54, 1.807) is 26.4 Å². The minimum absolute atomic E-state index is 0.172. The van der Waals surface area contributed by atoms with E-state index in [1.807, 2.05) is 12.1 Å². The molecule has 0 radical (unpaired) electrons. The van der Waals surface area contributed by atoms with E-state index in [-0.39, 0.29) is 5.75 Å². The molecule has 0 aromatic heterocycles. The molecule has 3 nitrogen and oxygen atoms in total. The van der Waals surface area contributed by atoms with E-state index in [0.717, 1.165) is 12.0 Å². The topological polar surface area (TPSA) is 38.7 Å². The molecule has 1 rings (SSSR count). The van der Waals surface area contributed by atoms with Crippen molar-refractivity contribution in [3.63, 3.8) is 0 Å². The van der Waals surface area contributed by atoms with E-state index >= 15 is 0 Å². The molecule has 0 aliphatic rings. The van der Waals surface area contributed by atoms with Crippen LogP contribution in [0.15, 0.2) is 30.9 Å². The van der Waals surface area contributed by atoms with E-state index in [1.165, 1.54) is 7.11 Å². The summed E-state index contributed by atoms with van der Waals surface area (Å²) in [5.74, 6) is 0.680. The molecule has 0 saturated heterocycles. The maximum Gasteiger partial charge on any atom is 0.160 e. The number of methoxy groups -OCH3 is 2. The van der Waals surface area contributed by atoms with Crippen molar-refractivity contribution < 1.29 is 14.6 Å². The Hall–Kier alpha value is -1.48. The highest BCUT2D eigenvalue weighted by molar-refractivity contribution is 5.42. The first-order chi connectivity index (χ1) is 7.19. The molecule has 3 heteroatoms. The average molecular weight is 210 g/mol. The Morgan fingerprint density at radius 2 is 1.93 bits per heavy atom. The third-order valence-corrected chi connectivity index (χ3v) is 1.62. The molecular formula is C12H18O3. The van der Waals surface area contributed by atoms with Crippen molar-refractivity contribution in [1.29, 1.82) is 0 Å². The van der Waals surface area contributed by atoms with Crippen LogP contribution in [0.4, 0.5) is 0 Å². The molecular weight excluding hydrogens is 192 g/mol. The molecule has 0 aliphatic heterocycles. The molecule has 84 valence electrons. The van der Waals surface area contributed by atoms with Gasteiger partial charge in [-0.2, -0.15) is 0 Å². The fourth-order valence-electron chi connectivity index (χ4n) is 1.02. The molecule has 0 bridgehead atoms. The van der Waals surface area contributed by atoms with Gasteiger partial charge in [-0.3, -0.25) is 0 Å². The van der Waals surface area contributed by atoms with Gasteiger partial charge in [0, 0.05) is 14.2 Å². The Balaban J connectivity index is 0.000000583. The van der Waals surface area contributed by atoms with Gasteiger partial charge in [-0.1, -0.05) is 12.1 Å². The van der Waals surface area contributed by atoms with E-state index in [9.17, 15) is 5.11 Å². The predicted molar refractivity (Wildman–Crippen MR) is 61.5 cm³/mol. The smallest absolute Gasteiger partial charge is 0.160 e. The van der Waals surface area contributed by atoms with Crippen LogP contribution < -0.4 is 4.74 Å². The number of allylic oxidation sites excluding steroid dienone is 1. The molecule has 1 N–H and O–H groups in total. The van der Waals surface area contributed by atoms with Crippen molar-refractivity contribution in [2.45, 2.75) is 6.42 Å². The lowest BCUT2D eigenvalue weighted by atomic mass is 10.1. The first-order valence-corrected chi connectivity index (χ1v) is 4.56. The van der Waals surface area contributed by atoms with Gasteiger partial charge < -0.3 is 14.6 Å². The van der Waals surface area contributed by atoms with Gasteiger partial charge >= 0.3 is 0 Å². The summed E-state index contributed by atoms with van der Waals surface area (Å²) in [6.45, 7) is 3.63. The molecule has 0 fully saturated rings. The molecule has 15 heavy (non-hydrogen) atoms. The number of aromatic hydroxyl groups is 1. The van der Waals surface area contributed by atoms with Crippen molar-refractivity contribution in [2.75, 3.05) is 21.3 Å². The van der Waals surface area contributed by atoms with Gasteiger partial charge in [-0.05, 0) is 24.1 Å². The van der Waals surface area contributed by atoms with Crippen LogP contribution in [0.25, 0.3) is 0 Å². The molecule has 0 spiro atoms. The van der Waals surface area contributed by atoms with Gasteiger partial charge in [-0.15, -0.1) is 6.58 Å². The molecule has 1 aromatic carbocycles. The summed E-state index contributed by atoms with van der Waals surface area (Å²) >= 11 is 0. The molecule has 0 heterocycles. The highest BCUT2D eigenvalue weighted by Gasteiger charge is 2.00. The van der Waals surface area contributed by atoms with Crippen LogP contribution >= 0.6 is 0 Å². The minimum Gasteiger partial charge on any atom is -0.504 e. The number of phenolic OH excluding ortho intramolecular Hbond substituents is 1. The fourth-order valence-corrected chi connectivity index (χ4v) is 1.02. The van der Waals surface area contributed by atoms with Crippen molar-refractivity contribution in [1.82, 2.24) is 0 Å². The molecule has 0 unspecified atom stereocenters. The van der Waals surface area contributed by atoms with E-state index in [0.29, 0.717) is 5.75 Å². The van der Waals surface area contributed by atoms with Crippen LogP contribution in [0.1, 0.15) is 5.56 Å². The lowest BCUT2D eigenvalue weighted by Gasteiger charge is -2.04. The van der Waals surface area contributed by atoms with Gasteiger partial charge in [0.1, 0.15) is 0 Å². The lowest BCUT2D eigenvalue weighted by Crippen LogP contribution is -1.86. The zero-order valence-corrected chi connectivity index (χ0v) is 9.49. The largest absolute Gasteiger partial charge is 0.504 e. The highest BCUT2D eigenvalue weighted by atomic mass is 16.5. The summed E-state index contributed by atoms with van der Waals surface area (Å²) in [7, 11) is 4.78. The Labute approximate surface area is 91.0 Å². The summed E-state index contributed by atoms with van der Waals surface area (Å²) in [6.07, 6.45) is 2.60. The zero-order chi connectivity index (χ0) is 11.7. The van der Waals surface area contributed by atoms with Gasteiger partial charge in [0.25, 0.3) is 0 Å². The molecule has 0 amide bonds. The minimum atomic E-state index is 0.172. The van der Waals surface area contributed by atoms with E-state index in [4.69, 9.17) is 4.74 Å². The summed E-state index contributed by atoms with van der Waals surface area (Å²) < 4.78 is 9.20. The first kappa shape index (κ1) is 13.5. The molecule has 0 saturated carbocycles. The van der Waals surface area contributed by atoms with Crippen LogP contribution in [0.2, 0.25) is 0 Å². The first-order valence-electron chi connectivity index (χ1n) is 4.56. The molecule has 1 aromatic rings.